The lowest BCUT2D eigenvalue weighted by molar-refractivity contribution is -0.141. The van der Waals surface area contributed by atoms with Gasteiger partial charge in [-0.1, -0.05) is 27.2 Å². The molecule has 2 aliphatic heterocycles. The Bertz CT molecular complexity index is 281. The van der Waals surface area contributed by atoms with Gasteiger partial charge in [0.15, 0.2) is 0 Å². The van der Waals surface area contributed by atoms with Crippen LogP contribution in [-0.4, -0.2) is 47.9 Å². The molecular weight excluding hydrogens is 224 g/mol. The molecule has 1 amide bonds. The Hall–Kier alpha value is -0.570. The van der Waals surface area contributed by atoms with Gasteiger partial charge < -0.3 is 9.80 Å². The highest BCUT2D eigenvalue weighted by Gasteiger charge is 2.32. The fourth-order valence-electron chi connectivity index (χ4n) is 3.19. The van der Waals surface area contributed by atoms with Crippen molar-refractivity contribution >= 4 is 5.91 Å². The predicted molar refractivity (Wildman–Crippen MR) is 74.5 cm³/mol. The van der Waals surface area contributed by atoms with Gasteiger partial charge in [-0.2, -0.15) is 0 Å². The minimum Gasteiger partial charge on any atom is -0.342 e. The Kier molecular flexibility index (Phi) is 4.31. The molecule has 3 heteroatoms. The number of piperidine rings is 2. The largest absolute Gasteiger partial charge is 0.342 e. The third kappa shape index (κ3) is 3.25. The number of carbonyl (C=O) groups excluding carboxylic acids is 1. The normalized spacial score (nSPS) is 24.3. The van der Waals surface area contributed by atoms with Crippen LogP contribution < -0.4 is 0 Å². The predicted octanol–water partition coefficient (Wildman–Crippen LogP) is 2.51. The second kappa shape index (κ2) is 5.60. The van der Waals surface area contributed by atoms with Crippen LogP contribution in [0.5, 0.6) is 0 Å². The zero-order valence-electron chi connectivity index (χ0n) is 12.2. The molecule has 2 aliphatic rings. The van der Waals surface area contributed by atoms with E-state index in [4.69, 9.17) is 0 Å². The molecule has 0 aromatic carbocycles. The van der Waals surface area contributed by atoms with Gasteiger partial charge >= 0.3 is 0 Å². The first-order chi connectivity index (χ1) is 8.48. The molecular formula is C15H28N2O. The lowest BCUT2D eigenvalue weighted by atomic mass is 9.92. The van der Waals surface area contributed by atoms with Crippen LogP contribution in [0.2, 0.25) is 0 Å². The summed E-state index contributed by atoms with van der Waals surface area (Å²) in [6.07, 6.45) is 6.46. The van der Waals surface area contributed by atoms with Crippen molar-refractivity contribution in [3.8, 4) is 0 Å². The summed E-state index contributed by atoms with van der Waals surface area (Å²) in [6, 6.07) is 0.731. The number of amides is 1. The first-order valence-electron chi connectivity index (χ1n) is 7.52. The van der Waals surface area contributed by atoms with E-state index in [0.29, 0.717) is 5.91 Å². The molecule has 0 aromatic rings. The van der Waals surface area contributed by atoms with Crippen LogP contribution in [0.4, 0.5) is 0 Å². The standard InChI is InChI=1S/C15H28N2O/c1-15(2,3)14(18)17-11-7-13(8-12-17)16-9-5-4-6-10-16/h13H,4-12H2,1-3H3. The van der Waals surface area contributed by atoms with Crippen LogP contribution in [0.1, 0.15) is 52.9 Å². The van der Waals surface area contributed by atoms with Gasteiger partial charge in [0.2, 0.25) is 5.91 Å². The number of likely N-dealkylation sites (tertiary alicyclic amines) is 2. The topological polar surface area (TPSA) is 23.6 Å². The summed E-state index contributed by atoms with van der Waals surface area (Å²) in [4.78, 5) is 16.9. The fraction of sp³-hybridized carbons (Fsp3) is 0.933. The molecule has 0 aromatic heterocycles. The van der Waals surface area contributed by atoms with Crippen LogP contribution in [0.25, 0.3) is 0 Å². The number of nitrogens with zero attached hydrogens (tertiary/aromatic N) is 2. The Morgan fingerprint density at radius 2 is 1.50 bits per heavy atom. The van der Waals surface area contributed by atoms with Gasteiger partial charge in [-0.15, -0.1) is 0 Å². The van der Waals surface area contributed by atoms with Crippen molar-refractivity contribution in [1.82, 2.24) is 9.80 Å². The highest BCUT2D eigenvalue weighted by atomic mass is 16.2. The minimum absolute atomic E-state index is 0.224. The molecule has 2 rings (SSSR count). The zero-order chi connectivity index (χ0) is 13.2. The number of carbonyl (C=O) groups is 1. The van der Waals surface area contributed by atoms with E-state index in [-0.39, 0.29) is 5.41 Å². The average molecular weight is 252 g/mol. The van der Waals surface area contributed by atoms with Gasteiger partial charge in [0, 0.05) is 24.5 Å². The van der Waals surface area contributed by atoms with Crippen LogP contribution in [-0.2, 0) is 4.79 Å². The van der Waals surface area contributed by atoms with Crippen LogP contribution in [0, 0.1) is 5.41 Å². The number of hydrogen-bond donors (Lipinski definition) is 0. The molecule has 0 bridgehead atoms. The monoisotopic (exact) mass is 252 g/mol. The van der Waals surface area contributed by atoms with Crippen molar-refractivity contribution in [3.05, 3.63) is 0 Å². The lowest BCUT2D eigenvalue weighted by Crippen LogP contribution is -2.50. The molecule has 0 radical (unpaired) electrons. The first-order valence-corrected chi connectivity index (χ1v) is 7.52. The molecule has 0 spiro atoms. The van der Waals surface area contributed by atoms with E-state index < -0.39 is 0 Å². The molecule has 18 heavy (non-hydrogen) atoms. The van der Waals surface area contributed by atoms with Gasteiger partial charge in [0.05, 0.1) is 0 Å². The van der Waals surface area contributed by atoms with Crippen LogP contribution in [0.3, 0.4) is 0 Å². The van der Waals surface area contributed by atoms with Gasteiger partial charge in [0.25, 0.3) is 0 Å². The molecule has 2 heterocycles. The molecule has 0 aliphatic carbocycles. The van der Waals surface area contributed by atoms with Crippen LogP contribution in [0.15, 0.2) is 0 Å². The summed E-state index contributed by atoms with van der Waals surface area (Å²) >= 11 is 0. The van der Waals surface area contributed by atoms with Crippen molar-refractivity contribution < 1.29 is 4.79 Å². The highest BCUT2D eigenvalue weighted by Crippen LogP contribution is 2.24. The zero-order valence-corrected chi connectivity index (χ0v) is 12.2. The minimum atomic E-state index is -0.224. The Labute approximate surface area is 112 Å². The van der Waals surface area contributed by atoms with E-state index in [9.17, 15) is 4.79 Å². The lowest BCUT2D eigenvalue weighted by Gasteiger charge is -2.41. The summed E-state index contributed by atoms with van der Waals surface area (Å²) < 4.78 is 0. The average Bonchev–Trinajstić information content (AvgIpc) is 2.38. The molecule has 104 valence electrons. The van der Waals surface area contributed by atoms with Gasteiger partial charge in [0.1, 0.15) is 0 Å². The van der Waals surface area contributed by atoms with E-state index >= 15 is 0 Å². The molecule has 2 fully saturated rings. The summed E-state index contributed by atoms with van der Waals surface area (Å²) in [5.41, 5.74) is -0.224. The highest BCUT2D eigenvalue weighted by molar-refractivity contribution is 5.81. The Morgan fingerprint density at radius 1 is 0.944 bits per heavy atom. The van der Waals surface area contributed by atoms with Crippen molar-refractivity contribution in [1.29, 1.82) is 0 Å². The molecule has 3 nitrogen and oxygen atoms in total. The maximum Gasteiger partial charge on any atom is 0.227 e. The van der Waals surface area contributed by atoms with E-state index in [1.807, 2.05) is 20.8 Å². The van der Waals surface area contributed by atoms with Crippen molar-refractivity contribution in [2.24, 2.45) is 5.41 Å². The van der Waals surface area contributed by atoms with Gasteiger partial charge in [-0.25, -0.2) is 0 Å². The van der Waals surface area contributed by atoms with Crippen molar-refractivity contribution in [2.45, 2.75) is 58.9 Å². The van der Waals surface area contributed by atoms with Gasteiger partial charge in [-0.05, 0) is 38.8 Å². The van der Waals surface area contributed by atoms with E-state index in [0.717, 1.165) is 19.1 Å². The summed E-state index contributed by atoms with van der Waals surface area (Å²) in [5.74, 6) is 0.319. The molecule has 0 saturated carbocycles. The smallest absolute Gasteiger partial charge is 0.227 e. The van der Waals surface area contributed by atoms with Crippen LogP contribution >= 0.6 is 0 Å². The summed E-state index contributed by atoms with van der Waals surface area (Å²) in [6.45, 7) is 10.5. The second-order valence-electron chi connectivity index (χ2n) is 6.87. The summed E-state index contributed by atoms with van der Waals surface area (Å²) in [5, 5.41) is 0. The molecule has 0 N–H and O–H groups in total. The van der Waals surface area contributed by atoms with Gasteiger partial charge in [-0.3, -0.25) is 4.79 Å². The molecule has 0 atom stereocenters. The maximum absolute atomic E-state index is 12.2. The van der Waals surface area contributed by atoms with E-state index in [1.54, 1.807) is 0 Å². The van der Waals surface area contributed by atoms with E-state index in [2.05, 4.69) is 9.80 Å². The maximum atomic E-state index is 12.2. The van der Waals surface area contributed by atoms with Crippen molar-refractivity contribution in [3.63, 3.8) is 0 Å². The van der Waals surface area contributed by atoms with E-state index in [1.165, 1.54) is 45.2 Å². The van der Waals surface area contributed by atoms with Crippen molar-refractivity contribution in [2.75, 3.05) is 26.2 Å². The number of rotatable bonds is 1. The first kappa shape index (κ1) is 13.9. The number of hydrogen-bond acceptors (Lipinski definition) is 2. The Morgan fingerprint density at radius 3 is 2.00 bits per heavy atom. The fourth-order valence-corrected chi connectivity index (χ4v) is 3.19. The molecule has 2 saturated heterocycles. The Balaban J connectivity index is 1.82. The quantitative estimate of drug-likeness (QED) is 0.716. The SMILES string of the molecule is CC(C)(C)C(=O)N1CCC(N2CCCCC2)CC1. The molecule has 0 unspecified atom stereocenters. The second-order valence-corrected chi connectivity index (χ2v) is 6.87. The third-order valence-corrected chi connectivity index (χ3v) is 4.30. The summed E-state index contributed by atoms with van der Waals surface area (Å²) in [7, 11) is 0. The third-order valence-electron chi connectivity index (χ3n) is 4.30.